The molecule has 0 aliphatic rings. The number of aryl methyl sites for hydroxylation is 1. The van der Waals surface area contributed by atoms with Crippen molar-refractivity contribution in [1.82, 2.24) is 10.5 Å². The molecule has 0 bridgehead atoms. The zero-order chi connectivity index (χ0) is 14.5. The summed E-state index contributed by atoms with van der Waals surface area (Å²) in [5.74, 6) is 0.647. The number of carbonyl (C=O) groups excluding carboxylic acids is 1. The first kappa shape index (κ1) is 14.6. The SMILES string of the molecule is Cc1cc(C(=O)NCC(C)Oc2ccccc2Br)on1. The van der Waals surface area contributed by atoms with E-state index in [1.165, 1.54) is 0 Å². The Labute approximate surface area is 125 Å². The Bertz CT molecular complexity index is 598. The third-order valence-electron chi connectivity index (χ3n) is 2.57. The molecule has 5 nitrogen and oxygen atoms in total. The zero-order valence-corrected chi connectivity index (χ0v) is 12.8. The van der Waals surface area contributed by atoms with Crippen molar-refractivity contribution in [2.24, 2.45) is 0 Å². The summed E-state index contributed by atoms with van der Waals surface area (Å²) in [6.45, 7) is 4.02. The topological polar surface area (TPSA) is 64.4 Å². The van der Waals surface area contributed by atoms with Gasteiger partial charge in [0.25, 0.3) is 5.91 Å². The third-order valence-corrected chi connectivity index (χ3v) is 3.22. The molecule has 0 fully saturated rings. The highest BCUT2D eigenvalue weighted by Crippen LogP contribution is 2.24. The predicted molar refractivity (Wildman–Crippen MR) is 77.8 cm³/mol. The highest BCUT2D eigenvalue weighted by atomic mass is 79.9. The molecule has 1 heterocycles. The van der Waals surface area contributed by atoms with Gasteiger partial charge in [-0.25, -0.2) is 0 Å². The molecule has 2 rings (SSSR count). The second-order valence-electron chi connectivity index (χ2n) is 4.40. The van der Waals surface area contributed by atoms with Crippen molar-refractivity contribution in [1.29, 1.82) is 0 Å². The van der Waals surface area contributed by atoms with E-state index >= 15 is 0 Å². The molecule has 0 aliphatic carbocycles. The van der Waals surface area contributed by atoms with E-state index in [4.69, 9.17) is 9.26 Å². The second-order valence-corrected chi connectivity index (χ2v) is 5.26. The van der Waals surface area contributed by atoms with Crippen LogP contribution in [0.4, 0.5) is 0 Å². The van der Waals surface area contributed by atoms with Crippen molar-refractivity contribution in [3.05, 3.63) is 46.3 Å². The van der Waals surface area contributed by atoms with Gasteiger partial charge < -0.3 is 14.6 Å². The largest absolute Gasteiger partial charge is 0.488 e. The number of hydrogen-bond acceptors (Lipinski definition) is 4. The minimum atomic E-state index is -0.298. The van der Waals surface area contributed by atoms with Crippen molar-refractivity contribution in [3.63, 3.8) is 0 Å². The first-order chi connectivity index (χ1) is 9.56. The summed E-state index contributed by atoms with van der Waals surface area (Å²) in [6, 6.07) is 9.16. The monoisotopic (exact) mass is 338 g/mol. The van der Waals surface area contributed by atoms with E-state index in [0.717, 1.165) is 10.2 Å². The molecule has 1 atom stereocenters. The average Bonchev–Trinajstić information content (AvgIpc) is 2.85. The number of halogens is 1. The van der Waals surface area contributed by atoms with Crippen LogP contribution in [0.25, 0.3) is 0 Å². The number of nitrogens with one attached hydrogen (secondary N) is 1. The Balaban J connectivity index is 1.85. The minimum absolute atomic E-state index is 0.165. The van der Waals surface area contributed by atoms with Crippen molar-refractivity contribution in [2.75, 3.05) is 6.54 Å². The van der Waals surface area contributed by atoms with Crippen molar-refractivity contribution in [3.8, 4) is 5.75 Å². The number of hydrogen-bond donors (Lipinski definition) is 1. The van der Waals surface area contributed by atoms with Crippen LogP contribution in [-0.2, 0) is 0 Å². The standard InChI is InChI=1S/C14H15BrN2O3/c1-9-7-13(20-17-9)14(18)16-8-10(2)19-12-6-4-3-5-11(12)15/h3-7,10H,8H2,1-2H3,(H,16,18). The molecule has 0 spiro atoms. The fourth-order valence-electron chi connectivity index (χ4n) is 1.59. The highest BCUT2D eigenvalue weighted by molar-refractivity contribution is 9.10. The molecule has 1 amide bonds. The van der Waals surface area contributed by atoms with Gasteiger partial charge >= 0.3 is 0 Å². The first-order valence-corrected chi connectivity index (χ1v) is 6.98. The van der Waals surface area contributed by atoms with Crippen LogP contribution in [0.2, 0.25) is 0 Å². The molecular weight excluding hydrogens is 324 g/mol. The van der Waals surface area contributed by atoms with Gasteiger partial charge in [0.05, 0.1) is 16.7 Å². The Morgan fingerprint density at radius 2 is 2.25 bits per heavy atom. The molecule has 6 heteroatoms. The Morgan fingerprint density at radius 3 is 2.90 bits per heavy atom. The predicted octanol–water partition coefficient (Wildman–Crippen LogP) is 2.94. The van der Waals surface area contributed by atoms with Crippen LogP contribution < -0.4 is 10.1 Å². The van der Waals surface area contributed by atoms with Gasteiger partial charge in [0, 0.05) is 6.07 Å². The number of carbonyl (C=O) groups is 1. The summed E-state index contributed by atoms with van der Waals surface area (Å²) < 4.78 is 11.5. The maximum absolute atomic E-state index is 11.8. The Kier molecular flexibility index (Phi) is 4.79. The van der Waals surface area contributed by atoms with Gasteiger partial charge in [0.1, 0.15) is 11.9 Å². The van der Waals surface area contributed by atoms with Crippen LogP contribution in [0.15, 0.2) is 39.3 Å². The van der Waals surface area contributed by atoms with E-state index in [1.807, 2.05) is 31.2 Å². The molecule has 106 valence electrons. The van der Waals surface area contributed by atoms with E-state index in [0.29, 0.717) is 12.2 Å². The van der Waals surface area contributed by atoms with Crippen molar-refractivity contribution >= 4 is 21.8 Å². The number of para-hydroxylation sites is 1. The summed E-state index contributed by atoms with van der Waals surface area (Å²) in [5, 5.41) is 6.41. The number of ether oxygens (including phenoxy) is 1. The van der Waals surface area contributed by atoms with E-state index in [2.05, 4.69) is 26.4 Å². The molecule has 1 aromatic carbocycles. The molecule has 20 heavy (non-hydrogen) atoms. The molecule has 1 N–H and O–H groups in total. The second kappa shape index (κ2) is 6.56. The number of aromatic nitrogens is 1. The average molecular weight is 339 g/mol. The lowest BCUT2D eigenvalue weighted by Crippen LogP contribution is -2.33. The molecular formula is C14H15BrN2O3. The van der Waals surface area contributed by atoms with Crippen molar-refractivity contribution in [2.45, 2.75) is 20.0 Å². The van der Waals surface area contributed by atoms with E-state index in [9.17, 15) is 4.79 Å². The van der Waals surface area contributed by atoms with Crippen LogP contribution in [0.5, 0.6) is 5.75 Å². The smallest absolute Gasteiger partial charge is 0.290 e. The summed E-state index contributed by atoms with van der Waals surface area (Å²) in [5.41, 5.74) is 0.674. The maximum Gasteiger partial charge on any atom is 0.290 e. The number of amides is 1. The lowest BCUT2D eigenvalue weighted by atomic mass is 10.3. The lowest BCUT2D eigenvalue weighted by Gasteiger charge is -2.15. The van der Waals surface area contributed by atoms with Gasteiger partial charge in [-0.3, -0.25) is 4.79 Å². The lowest BCUT2D eigenvalue weighted by molar-refractivity contribution is 0.0895. The summed E-state index contributed by atoms with van der Waals surface area (Å²) in [7, 11) is 0. The van der Waals surface area contributed by atoms with Gasteiger partial charge in [0.15, 0.2) is 0 Å². The summed E-state index contributed by atoms with van der Waals surface area (Å²) in [4.78, 5) is 11.8. The Morgan fingerprint density at radius 1 is 1.50 bits per heavy atom. The quantitative estimate of drug-likeness (QED) is 0.910. The van der Waals surface area contributed by atoms with Gasteiger partial charge in [-0.2, -0.15) is 0 Å². The van der Waals surface area contributed by atoms with Crippen LogP contribution in [-0.4, -0.2) is 23.7 Å². The zero-order valence-electron chi connectivity index (χ0n) is 11.2. The fraction of sp³-hybridized carbons (Fsp3) is 0.286. The van der Waals surface area contributed by atoms with Gasteiger partial charge in [-0.05, 0) is 41.9 Å². The molecule has 2 aromatic rings. The van der Waals surface area contributed by atoms with Crippen LogP contribution in [0.3, 0.4) is 0 Å². The van der Waals surface area contributed by atoms with E-state index in [1.54, 1.807) is 13.0 Å². The van der Waals surface area contributed by atoms with Crippen LogP contribution >= 0.6 is 15.9 Å². The molecule has 0 aliphatic heterocycles. The van der Waals surface area contributed by atoms with E-state index < -0.39 is 0 Å². The van der Waals surface area contributed by atoms with E-state index in [-0.39, 0.29) is 17.8 Å². The Hall–Kier alpha value is -1.82. The molecule has 1 aromatic heterocycles. The van der Waals surface area contributed by atoms with Crippen LogP contribution in [0.1, 0.15) is 23.2 Å². The van der Waals surface area contributed by atoms with Gasteiger partial charge in [-0.1, -0.05) is 17.3 Å². The molecule has 0 radical (unpaired) electrons. The van der Waals surface area contributed by atoms with Gasteiger partial charge in [0.2, 0.25) is 5.76 Å². The highest BCUT2D eigenvalue weighted by Gasteiger charge is 2.13. The van der Waals surface area contributed by atoms with Crippen molar-refractivity contribution < 1.29 is 14.1 Å². The number of benzene rings is 1. The maximum atomic E-state index is 11.8. The summed E-state index contributed by atoms with van der Waals surface area (Å²) in [6.07, 6.45) is -0.165. The van der Waals surface area contributed by atoms with Crippen LogP contribution in [0, 0.1) is 6.92 Å². The molecule has 0 saturated heterocycles. The molecule has 0 saturated carbocycles. The first-order valence-electron chi connectivity index (χ1n) is 6.19. The van der Waals surface area contributed by atoms with Gasteiger partial charge in [-0.15, -0.1) is 0 Å². The number of rotatable bonds is 5. The minimum Gasteiger partial charge on any atom is -0.488 e. The number of nitrogens with zero attached hydrogens (tertiary/aromatic N) is 1. The summed E-state index contributed by atoms with van der Waals surface area (Å²) >= 11 is 3.41. The molecule has 1 unspecified atom stereocenters. The fourth-order valence-corrected chi connectivity index (χ4v) is 1.97. The normalized spacial score (nSPS) is 11.9. The third kappa shape index (κ3) is 3.84.